The van der Waals surface area contributed by atoms with E-state index in [0.29, 0.717) is 33.6 Å². The van der Waals surface area contributed by atoms with Gasteiger partial charge in [-0.1, -0.05) is 0 Å². The molecule has 0 fully saturated rings. The Morgan fingerprint density at radius 2 is 1.75 bits per heavy atom. The van der Waals surface area contributed by atoms with E-state index in [1.165, 1.54) is 18.3 Å². The topological polar surface area (TPSA) is 89.5 Å². The lowest BCUT2D eigenvalue weighted by Gasteiger charge is -2.08. The van der Waals surface area contributed by atoms with E-state index in [4.69, 9.17) is 9.47 Å². The van der Waals surface area contributed by atoms with Crippen LogP contribution in [0.15, 0.2) is 47.8 Å². The molecule has 2 amide bonds. The molecule has 28 heavy (non-hydrogen) atoms. The van der Waals surface area contributed by atoms with E-state index in [1.807, 2.05) is 23.6 Å². The summed E-state index contributed by atoms with van der Waals surface area (Å²) in [5.41, 5.74) is 2.55. The molecule has 0 atom stereocenters. The van der Waals surface area contributed by atoms with Gasteiger partial charge in [0.05, 0.1) is 19.9 Å². The highest BCUT2D eigenvalue weighted by Crippen LogP contribution is 2.35. The summed E-state index contributed by atoms with van der Waals surface area (Å²) < 4.78 is 10.7. The predicted octanol–water partition coefficient (Wildman–Crippen LogP) is 4.04. The van der Waals surface area contributed by atoms with Crippen molar-refractivity contribution in [2.24, 2.45) is 0 Å². The summed E-state index contributed by atoms with van der Waals surface area (Å²) in [7, 11) is 3.18. The van der Waals surface area contributed by atoms with Crippen LogP contribution in [0.4, 0.5) is 10.8 Å². The molecule has 3 rings (SSSR count). The first-order valence-electron chi connectivity index (χ1n) is 8.37. The van der Waals surface area contributed by atoms with Crippen LogP contribution >= 0.6 is 11.3 Å². The number of hydrogen-bond donors (Lipinski definition) is 2. The number of carbonyl (C=O) groups is 2. The Labute approximate surface area is 166 Å². The van der Waals surface area contributed by atoms with Crippen molar-refractivity contribution < 1.29 is 19.1 Å². The predicted molar refractivity (Wildman–Crippen MR) is 109 cm³/mol. The molecule has 144 valence electrons. The Kier molecular flexibility index (Phi) is 5.90. The number of rotatable bonds is 6. The third-order valence-corrected chi connectivity index (χ3v) is 4.63. The van der Waals surface area contributed by atoms with E-state index in [-0.39, 0.29) is 11.8 Å². The van der Waals surface area contributed by atoms with Gasteiger partial charge in [0.2, 0.25) is 5.91 Å². The summed E-state index contributed by atoms with van der Waals surface area (Å²) in [6.45, 7) is 1.43. The molecular formula is C20H19N3O4S. The van der Waals surface area contributed by atoms with Crippen LogP contribution in [-0.4, -0.2) is 31.0 Å². The summed E-state index contributed by atoms with van der Waals surface area (Å²) in [6.07, 6.45) is 0. The molecule has 0 bridgehead atoms. The molecule has 0 aliphatic heterocycles. The average molecular weight is 397 g/mol. The van der Waals surface area contributed by atoms with E-state index in [2.05, 4.69) is 15.6 Å². The van der Waals surface area contributed by atoms with E-state index in [9.17, 15) is 9.59 Å². The SMILES string of the molecule is COc1ccc(OC)c(-c2csc(NC(=O)c3ccc(NC(C)=O)cc3)n2)c1. The number of amides is 2. The van der Waals surface area contributed by atoms with Gasteiger partial charge < -0.3 is 14.8 Å². The smallest absolute Gasteiger partial charge is 0.257 e. The van der Waals surface area contributed by atoms with Crippen LogP contribution in [-0.2, 0) is 4.79 Å². The highest BCUT2D eigenvalue weighted by molar-refractivity contribution is 7.14. The van der Waals surface area contributed by atoms with Crippen molar-refractivity contribution in [3.05, 3.63) is 53.4 Å². The molecule has 0 radical (unpaired) electrons. The Balaban J connectivity index is 1.76. The van der Waals surface area contributed by atoms with Crippen LogP contribution in [0.3, 0.4) is 0 Å². The third-order valence-electron chi connectivity index (χ3n) is 3.87. The number of hydrogen-bond acceptors (Lipinski definition) is 6. The van der Waals surface area contributed by atoms with Gasteiger partial charge in [0.25, 0.3) is 5.91 Å². The van der Waals surface area contributed by atoms with Crippen molar-refractivity contribution in [3.8, 4) is 22.8 Å². The molecule has 2 aromatic carbocycles. The van der Waals surface area contributed by atoms with Gasteiger partial charge in [0, 0.05) is 29.1 Å². The molecule has 1 aromatic heterocycles. The molecule has 0 saturated carbocycles. The lowest BCUT2D eigenvalue weighted by Crippen LogP contribution is -2.12. The zero-order valence-corrected chi connectivity index (χ0v) is 16.4. The summed E-state index contributed by atoms with van der Waals surface area (Å²) in [5.74, 6) is 0.902. The molecule has 0 saturated heterocycles. The molecule has 0 aliphatic rings. The molecule has 2 N–H and O–H groups in total. The standard InChI is InChI=1S/C20H19N3O4S/c1-12(24)21-14-6-4-13(5-7-14)19(25)23-20-22-17(11-28-20)16-10-15(26-2)8-9-18(16)27-3/h4-11H,1-3H3,(H,21,24)(H,22,23,25). The zero-order chi connectivity index (χ0) is 20.1. The maximum absolute atomic E-state index is 12.4. The monoisotopic (exact) mass is 397 g/mol. The quantitative estimate of drug-likeness (QED) is 0.655. The van der Waals surface area contributed by atoms with Gasteiger partial charge in [-0.05, 0) is 42.5 Å². The summed E-state index contributed by atoms with van der Waals surface area (Å²) in [6, 6.07) is 12.1. The summed E-state index contributed by atoms with van der Waals surface area (Å²) >= 11 is 1.32. The maximum Gasteiger partial charge on any atom is 0.257 e. The first-order valence-corrected chi connectivity index (χ1v) is 9.25. The lowest BCUT2D eigenvalue weighted by atomic mass is 10.1. The van der Waals surface area contributed by atoms with Gasteiger partial charge in [-0.15, -0.1) is 11.3 Å². The number of thiazole rings is 1. The van der Waals surface area contributed by atoms with Gasteiger partial charge >= 0.3 is 0 Å². The van der Waals surface area contributed by atoms with Crippen molar-refractivity contribution >= 4 is 34.0 Å². The normalized spacial score (nSPS) is 10.2. The number of ether oxygens (including phenoxy) is 2. The fourth-order valence-corrected chi connectivity index (χ4v) is 3.25. The van der Waals surface area contributed by atoms with Crippen LogP contribution in [0, 0.1) is 0 Å². The van der Waals surface area contributed by atoms with Crippen molar-refractivity contribution in [1.29, 1.82) is 0 Å². The van der Waals surface area contributed by atoms with Gasteiger partial charge in [0.15, 0.2) is 5.13 Å². The second kappa shape index (κ2) is 8.53. The molecule has 7 nitrogen and oxygen atoms in total. The van der Waals surface area contributed by atoms with Crippen LogP contribution in [0.1, 0.15) is 17.3 Å². The fourth-order valence-electron chi connectivity index (χ4n) is 2.55. The number of anilines is 2. The molecule has 8 heteroatoms. The van der Waals surface area contributed by atoms with Crippen LogP contribution in [0.2, 0.25) is 0 Å². The first-order chi connectivity index (χ1) is 13.5. The maximum atomic E-state index is 12.4. The van der Waals surface area contributed by atoms with Crippen LogP contribution in [0.5, 0.6) is 11.5 Å². The Hall–Kier alpha value is -3.39. The van der Waals surface area contributed by atoms with Crippen molar-refractivity contribution in [2.45, 2.75) is 6.92 Å². The number of methoxy groups -OCH3 is 2. The zero-order valence-electron chi connectivity index (χ0n) is 15.6. The number of nitrogens with zero attached hydrogens (tertiary/aromatic N) is 1. The van der Waals surface area contributed by atoms with Gasteiger partial charge in [-0.3, -0.25) is 14.9 Å². The Bertz CT molecular complexity index is 999. The van der Waals surface area contributed by atoms with Gasteiger partial charge in [0.1, 0.15) is 11.5 Å². The molecule has 0 unspecified atom stereocenters. The lowest BCUT2D eigenvalue weighted by molar-refractivity contribution is -0.114. The van der Waals surface area contributed by atoms with Crippen molar-refractivity contribution in [3.63, 3.8) is 0 Å². The van der Waals surface area contributed by atoms with Crippen molar-refractivity contribution in [1.82, 2.24) is 4.98 Å². The molecule has 0 aliphatic carbocycles. The minimum absolute atomic E-state index is 0.166. The van der Waals surface area contributed by atoms with Gasteiger partial charge in [-0.2, -0.15) is 0 Å². The van der Waals surface area contributed by atoms with Crippen LogP contribution < -0.4 is 20.1 Å². The first kappa shape index (κ1) is 19.4. The highest BCUT2D eigenvalue weighted by Gasteiger charge is 2.14. The number of aromatic nitrogens is 1. The fraction of sp³-hybridized carbons (Fsp3) is 0.150. The summed E-state index contributed by atoms with van der Waals surface area (Å²) in [5, 5.41) is 7.75. The molecule has 0 spiro atoms. The molecular weight excluding hydrogens is 378 g/mol. The third kappa shape index (κ3) is 4.47. The van der Waals surface area contributed by atoms with E-state index >= 15 is 0 Å². The highest BCUT2D eigenvalue weighted by atomic mass is 32.1. The number of benzene rings is 2. The van der Waals surface area contributed by atoms with E-state index < -0.39 is 0 Å². The Morgan fingerprint density at radius 1 is 1.00 bits per heavy atom. The average Bonchev–Trinajstić information content (AvgIpc) is 3.15. The second-order valence-corrected chi connectivity index (χ2v) is 6.67. The van der Waals surface area contributed by atoms with E-state index in [1.54, 1.807) is 38.5 Å². The van der Waals surface area contributed by atoms with E-state index in [0.717, 1.165) is 5.56 Å². The van der Waals surface area contributed by atoms with Gasteiger partial charge in [-0.25, -0.2) is 4.98 Å². The minimum Gasteiger partial charge on any atom is -0.497 e. The van der Waals surface area contributed by atoms with Crippen molar-refractivity contribution in [2.75, 3.05) is 24.9 Å². The Morgan fingerprint density at radius 3 is 2.39 bits per heavy atom. The largest absolute Gasteiger partial charge is 0.497 e. The summed E-state index contributed by atoms with van der Waals surface area (Å²) in [4.78, 5) is 28.0. The number of nitrogens with one attached hydrogen (secondary N) is 2. The van der Waals surface area contributed by atoms with Crippen LogP contribution in [0.25, 0.3) is 11.3 Å². The molecule has 1 heterocycles. The minimum atomic E-state index is -0.284. The number of carbonyl (C=O) groups excluding carboxylic acids is 2. The second-order valence-electron chi connectivity index (χ2n) is 5.82. The molecule has 3 aromatic rings.